The molecule has 1 N–H and O–H groups in total. The number of ether oxygens (including phenoxy) is 1. The zero-order valence-electron chi connectivity index (χ0n) is 14.5. The maximum absolute atomic E-state index is 5.35. The fourth-order valence-corrected chi connectivity index (χ4v) is 3.41. The van der Waals surface area contributed by atoms with Crippen LogP contribution in [0, 0.1) is 0 Å². The highest BCUT2D eigenvalue weighted by Gasteiger charge is 2.21. The first-order valence-corrected chi connectivity index (χ1v) is 8.53. The molecule has 2 aromatic heterocycles. The van der Waals surface area contributed by atoms with E-state index in [1.807, 2.05) is 25.4 Å². The predicted octanol–water partition coefficient (Wildman–Crippen LogP) is 2.45. The van der Waals surface area contributed by atoms with E-state index in [0.29, 0.717) is 6.04 Å². The highest BCUT2D eigenvalue weighted by molar-refractivity contribution is 5.86. The minimum atomic E-state index is 0.332. The van der Waals surface area contributed by atoms with Gasteiger partial charge in [0, 0.05) is 37.9 Å². The second kappa shape index (κ2) is 6.58. The number of fused-ring (bicyclic) bond motifs is 1. The van der Waals surface area contributed by atoms with Crippen molar-refractivity contribution in [3.05, 3.63) is 36.8 Å². The number of aryl methyl sites for hydroxylation is 1. The third-order valence-corrected chi connectivity index (χ3v) is 4.71. The summed E-state index contributed by atoms with van der Waals surface area (Å²) >= 11 is 0. The van der Waals surface area contributed by atoms with Crippen molar-refractivity contribution in [2.45, 2.75) is 18.9 Å². The number of aromatic nitrogens is 4. The molecule has 0 bridgehead atoms. The Hall–Kier alpha value is -2.83. The number of nitrogens with zero attached hydrogens (tertiary/aromatic N) is 5. The van der Waals surface area contributed by atoms with Crippen LogP contribution in [0.15, 0.2) is 36.8 Å². The van der Waals surface area contributed by atoms with Gasteiger partial charge >= 0.3 is 0 Å². The van der Waals surface area contributed by atoms with Gasteiger partial charge in [-0.15, -0.1) is 0 Å². The summed E-state index contributed by atoms with van der Waals surface area (Å²) in [6.07, 6.45) is 5.66. The summed E-state index contributed by atoms with van der Waals surface area (Å²) < 4.78 is 7.12. The van der Waals surface area contributed by atoms with E-state index in [0.717, 1.165) is 48.5 Å². The molecule has 3 heterocycles. The molecule has 1 unspecified atom stereocenters. The van der Waals surface area contributed by atoms with E-state index >= 15 is 0 Å². The summed E-state index contributed by atoms with van der Waals surface area (Å²) in [6, 6.07) is 8.57. The molecule has 0 radical (unpaired) electrons. The van der Waals surface area contributed by atoms with E-state index in [9.17, 15) is 0 Å². The Morgan fingerprint density at radius 2 is 2.20 bits per heavy atom. The molecule has 25 heavy (non-hydrogen) atoms. The minimum Gasteiger partial charge on any atom is -0.497 e. The first-order valence-electron chi connectivity index (χ1n) is 8.53. The van der Waals surface area contributed by atoms with Crippen molar-refractivity contribution in [1.29, 1.82) is 0 Å². The normalized spacial score (nSPS) is 17.7. The lowest BCUT2D eigenvalue weighted by atomic mass is 10.0. The zero-order chi connectivity index (χ0) is 17.2. The van der Waals surface area contributed by atoms with Crippen LogP contribution in [0.5, 0.6) is 5.75 Å². The minimum absolute atomic E-state index is 0.332. The number of rotatable bonds is 4. The maximum atomic E-state index is 5.35. The molecule has 130 valence electrons. The molecular weight excluding hydrogens is 316 g/mol. The van der Waals surface area contributed by atoms with Crippen LogP contribution in [0.3, 0.4) is 0 Å². The molecule has 4 rings (SSSR count). The standard InChI is InChI=1S/C18H22N6O/c1-23-18-16(10-21-23)17(19-12-20-18)22-13-5-4-8-24(11-13)14-6-3-7-15(9-14)25-2/h3,6-7,9-10,12-13H,4-5,8,11H2,1-2H3,(H,19,20,22). The molecular formula is C18H22N6O. The topological polar surface area (TPSA) is 68.1 Å². The molecule has 0 saturated carbocycles. The molecule has 7 nitrogen and oxygen atoms in total. The van der Waals surface area contributed by atoms with E-state index in [1.165, 1.54) is 5.69 Å². The monoisotopic (exact) mass is 338 g/mol. The number of hydrogen-bond donors (Lipinski definition) is 1. The fourth-order valence-electron chi connectivity index (χ4n) is 3.41. The molecule has 1 aliphatic heterocycles. The van der Waals surface area contributed by atoms with Gasteiger partial charge in [0.25, 0.3) is 0 Å². The maximum Gasteiger partial charge on any atom is 0.163 e. The lowest BCUT2D eigenvalue weighted by molar-refractivity contribution is 0.414. The van der Waals surface area contributed by atoms with Gasteiger partial charge < -0.3 is 15.0 Å². The van der Waals surface area contributed by atoms with Crippen LogP contribution in [0.25, 0.3) is 11.0 Å². The molecule has 0 amide bonds. The zero-order valence-corrected chi connectivity index (χ0v) is 14.5. The van der Waals surface area contributed by atoms with Gasteiger partial charge in [-0.2, -0.15) is 5.10 Å². The van der Waals surface area contributed by atoms with E-state index in [-0.39, 0.29) is 0 Å². The third-order valence-electron chi connectivity index (χ3n) is 4.71. The van der Waals surface area contributed by atoms with Crippen LogP contribution in [-0.2, 0) is 7.05 Å². The second-order valence-electron chi connectivity index (χ2n) is 6.36. The molecule has 0 aliphatic carbocycles. The summed E-state index contributed by atoms with van der Waals surface area (Å²) in [5.74, 6) is 1.75. The van der Waals surface area contributed by atoms with Crippen LogP contribution in [0.1, 0.15) is 12.8 Å². The van der Waals surface area contributed by atoms with Gasteiger partial charge in [0.1, 0.15) is 17.9 Å². The number of piperidine rings is 1. The number of nitrogens with one attached hydrogen (secondary N) is 1. The van der Waals surface area contributed by atoms with Gasteiger partial charge in [-0.25, -0.2) is 9.97 Å². The summed E-state index contributed by atoms with van der Waals surface area (Å²) in [6.45, 7) is 1.98. The number of hydrogen-bond acceptors (Lipinski definition) is 6. The van der Waals surface area contributed by atoms with Crippen molar-refractivity contribution >= 4 is 22.5 Å². The van der Waals surface area contributed by atoms with E-state index in [2.05, 4.69) is 37.4 Å². The average molecular weight is 338 g/mol. The summed E-state index contributed by atoms with van der Waals surface area (Å²) in [5, 5.41) is 8.83. The molecule has 1 atom stereocenters. The van der Waals surface area contributed by atoms with Gasteiger partial charge in [0.05, 0.1) is 18.7 Å². The van der Waals surface area contributed by atoms with E-state index in [4.69, 9.17) is 4.74 Å². The molecule has 1 aromatic carbocycles. The Morgan fingerprint density at radius 1 is 1.28 bits per heavy atom. The molecule has 1 aliphatic rings. The highest BCUT2D eigenvalue weighted by atomic mass is 16.5. The highest BCUT2D eigenvalue weighted by Crippen LogP contribution is 2.26. The van der Waals surface area contributed by atoms with Crippen molar-refractivity contribution in [1.82, 2.24) is 19.7 Å². The van der Waals surface area contributed by atoms with E-state index < -0.39 is 0 Å². The van der Waals surface area contributed by atoms with Crippen LogP contribution in [0.2, 0.25) is 0 Å². The van der Waals surface area contributed by atoms with Crippen LogP contribution < -0.4 is 15.0 Å². The van der Waals surface area contributed by atoms with Gasteiger partial charge in [-0.05, 0) is 25.0 Å². The SMILES string of the molecule is COc1cccc(N2CCCC(Nc3ncnc4c3cnn4C)C2)c1. The molecule has 7 heteroatoms. The van der Waals surface area contributed by atoms with Crippen molar-refractivity contribution in [3.63, 3.8) is 0 Å². The second-order valence-corrected chi connectivity index (χ2v) is 6.36. The van der Waals surface area contributed by atoms with E-state index in [1.54, 1.807) is 18.1 Å². The molecule has 1 saturated heterocycles. The van der Waals surface area contributed by atoms with Gasteiger partial charge in [-0.3, -0.25) is 4.68 Å². The van der Waals surface area contributed by atoms with Gasteiger partial charge in [0.15, 0.2) is 5.65 Å². The van der Waals surface area contributed by atoms with Crippen molar-refractivity contribution < 1.29 is 4.74 Å². The van der Waals surface area contributed by atoms with Crippen molar-refractivity contribution in [3.8, 4) is 5.75 Å². The summed E-state index contributed by atoms with van der Waals surface area (Å²) in [7, 11) is 3.60. The lowest BCUT2D eigenvalue weighted by Gasteiger charge is -2.35. The lowest BCUT2D eigenvalue weighted by Crippen LogP contribution is -2.42. The fraction of sp³-hybridized carbons (Fsp3) is 0.389. The molecule has 0 spiro atoms. The average Bonchev–Trinajstić information content (AvgIpc) is 3.04. The number of methoxy groups -OCH3 is 1. The first kappa shape index (κ1) is 15.7. The molecule has 1 fully saturated rings. The predicted molar refractivity (Wildman–Crippen MR) is 98.2 cm³/mol. The number of anilines is 2. The first-order chi connectivity index (χ1) is 12.2. The Bertz CT molecular complexity index is 877. The van der Waals surface area contributed by atoms with Crippen LogP contribution >= 0.6 is 0 Å². The largest absolute Gasteiger partial charge is 0.497 e. The third kappa shape index (κ3) is 3.09. The quantitative estimate of drug-likeness (QED) is 0.788. The Labute approximate surface area is 146 Å². The summed E-state index contributed by atoms with van der Waals surface area (Å²) in [5.41, 5.74) is 2.04. The molecule has 3 aromatic rings. The summed E-state index contributed by atoms with van der Waals surface area (Å²) in [4.78, 5) is 11.1. The van der Waals surface area contributed by atoms with Crippen LogP contribution in [-0.4, -0.2) is 46.0 Å². The van der Waals surface area contributed by atoms with Crippen molar-refractivity contribution in [2.24, 2.45) is 7.05 Å². The Balaban J connectivity index is 1.53. The van der Waals surface area contributed by atoms with Gasteiger partial charge in [-0.1, -0.05) is 6.07 Å². The van der Waals surface area contributed by atoms with Crippen LogP contribution in [0.4, 0.5) is 11.5 Å². The number of benzene rings is 1. The smallest absolute Gasteiger partial charge is 0.163 e. The Kier molecular flexibility index (Phi) is 4.13. The van der Waals surface area contributed by atoms with Gasteiger partial charge in [0.2, 0.25) is 0 Å². The Morgan fingerprint density at radius 3 is 3.08 bits per heavy atom. The van der Waals surface area contributed by atoms with Crippen molar-refractivity contribution in [2.75, 3.05) is 30.4 Å².